The number of hydrogen-bond acceptors (Lipinski definition) is 4. The summed E-state index contributed by atoms with van der Waals surface area (Å²) in [6.07, 6.45) is 0. The van der Waals surface area contributed by atoms with E-state index >= 15 is 0 Å². The van der Waals surface area contributed by atoms with Crippen LogP contribution in [0.2, 0.25) is 5.02 Å². The summed E-state index contributed by atoms with van der Waals surface area (Å²) in [5.74, 6) is -0.502. The van der Waals surface area contributed by atoms with Crippen LogP contribution in [0.25, 0.3) is 11.1 Å². The lowest BCUT2D eigenvalue weighted by Gasteiger charge is -2.12. The molecule has 0 atom stereocenters. The second-order valence-electron chi connectivity index (χ2n) is 5.27. The number of amides is 1. The second kappa shape index (κ2) is 6.41. The van der Waals surface area contributed by atoms with Gasteiger partial charge in [0.05, 0.1) is 18.3 Å². The van der Waals surface area contributed by atoms with Crippen molar-refractivity contribution >= 4 is 34.3 Å². The number of fused-ring (bicyclic) bond motifs is 1. The molecule has 124 valence electrons. The molecule has 7 heteroatoms. The van der Waals surface area contributed by atoms with Gasteiger partial charge in [-0.05, 0) is 30.7 Å². The van der Waals surface area contributed by atoms with Crippen LogP contribution < -0.4 is 15.8 Å². The predicted octanol–water partition coefficient (Wildman–Crippen LogP) is 3.20. The van der Waals surface area contributed by atoms with Crippen LogP contribution in [-0.4, -0.2) is 17.6 Å². The number of aryl methyl sites for hydroxylation is 1. The first-order valence-corrected chi connectivity index (χ1v) is 7.59. The number of hydrogen-bond donors (Lipinski definition) is 1. The third-order valence-corrected chi connectivity index (χ3v) is 4.04. The van der Waals surface area contributed by atoms with E-state index in [1.54, 1.807) is 36.4 Å². The molecule has 0 aliphatic rings. The molecule has 2 aromatic carbocycles. The number of para-hydroxylation sites is 2. The van der Waals surface area contributed by atoms with Gasteiger partial charge in [-0.3, -0.25) is 9.36 Å². The molecule has 0 bridgehead atoms. The highest BCUT2D eigenvalue weighted by molar-refractivity contribution is 6.31. The molecule has 1 aromatic heterocycles. The Bertz CT molecular complexity index is 974. The van der Waals surface area contributed by atoms with Crippen molar-refractivity contribution in [3.8, 4) is 5.75 Å². The van der Waals surface area contributed by atoms with Crippen molar-refractivity contribution in [1.82, 2.24) is 4.57 Å². The first-order valence-electron chi connectivity index (χ1n) is 7.22. The number of nitrogens with zero attached hydrogens (tertiary/aromatic N) is 1. The molecule has 6 nitrogen and oxygen atoms in total. The molecule has 3 aromatic rings. The predicted molar refractivity (Wildman–Crippen MR) is 91.8 cm³/mol. The van der Waals surface area contributed by atoms with Crippen molar-refractivity contribution in [2.45, 2.75) is 13.5 Å². The Morgan fingerprint density at radius 2 is 2.08 bits per heavy atom. The molecule has 0 spiro atoms. The molecule has 3 rings (SSSR count). The first kappa shape index (κ1) is 16.1. The van der Waals surface area contributed by atoms with Gasteiger partial charge in [0.25, 0.3) is 0 Å². The summed E-state index contributed by atoms with van der Waals surface area (Å²) in [6, 6.07) is 10.3. The molecular weight excluding hydrogens is 332 g/mol. The topological polar surface area (TPSA) is 73.5 Å². The average molecular weight is 347 g/mol. The minimum Gasteiger partial charge on any atom is -0.495 e. The van der Waals surface area contributed by atoms with Gasteiger partial charge in [-0.1, -0.05) is 23.7 Å². The summed E-state index contributed by atoms with van der Waals surface area (Å²) in [7, 11) is 1.49. The maximum atomic E-state index is 12.3. The summed E-state index contributed by atoms with van der Waals surface area (Å²) < 4.78 is 11.6. The Morgan fingerprint density at radius 1 is 1.33 bits per heavy atom. The number of ether oxygens (including phenoxy) is 1. The normalized spacial score (nSPS) is 10.8. The fourth-order valence-corrected chi connectivity index (χ4v) is 2.58. The lowest BCUT2D eigenvalue weighted by atomic mass is 10.2. The molecular formula is C17H15ClN2O4. The SMILES string of the molecule is COc1cc(Cl)c(C)cc1NC(=O)Cn1c(=O)oc2ccccc21. The fourth-order valence-electron chi connectivity index (χ4n) is 2.43. The molecule has 0 fully saturated rings. The Kier molecular flexibility index (Phi) is 4.31. The molecule has 0 saturated heterocycles. The van der Waals surface area contributed by atoms with Crippen molar-refractivity contribution in [2.24, 2.45) is 0 Å². The van der Waals surface area contributed by atoms with Crippen LogP contribution in [-0.2, 0) is 11.3 Å². The first-order chi connectivity index (χ1) is 11.5. The van der Waals surface area contributed by atoms with Gasteiger partial charge in [0.2, 0.25) is 5.91 Å². The van der Waals surface area contributed by atoms with Crippen LogP contribution in [0.4, 0.5) is 5.69 Å². The van der Waals surface area contributed by atoms with E-state index in [4.69, 9.17) is 20.8 Å². The summed E-state index contributed by atoms with van der Waals surface area (Å²) in [4.78, 5) is 24.3. The number of carbonyl (C=O) groups is 1. The van der Waals surface area contributed by atoms with E-state index in [9.17, 15) is 9.59 Å². The van der Waals surface area contributed by atoms with Gasteiger partial charge < -0.3 is 14.5 Å². The Labute approximate surface area is 142 Å². The van der Waals surface area contributed by atoms with Gasteiger partial charge in [0.1, 0.15) is 12.3 Å². The van der Waals surface area contributed by atoms with E-state index in [1.807, 2.05) is 6.92 Å². The zero-order valence-electron chi connectivity index (χ0n) is 13.1. The number of oxazole rings is 1. The zero-order chi connectivity index (χ0) is 17.3. The van der Waals surface area contributed by atoms with Crippen molar-refractivity contribution in [2.75, 3.05) is 12.4 Å². The highest BCUT2D eigenvalue weighted by Gasteiger charge is 2.14. The standard InChI is InChI=1S/C17H15ClN2O4/c1-10-7-12(15(23-2)8-11(10)18)19-16(21)9-20-13-5-3-4-6-14(13)24-17(20)22/h3-8H,9H2,1-2H3,(H,19,21). The quantitative estimate of drug-likeness (QED) is 0.787. The van der Waals surface area contributed by atoms with Crippen LogP contribution in [0.1, 0.15) is 5.56 Å². The number of anilines is 1. The Morgan fingerprint density at radius 3 is 2.83 bits per heavy atom. The van der Waals surface area contributed by atoms with Crippen LogP contribution in [0.5, 0.6) is 5.75 Å². The maximum Gasteiger partial charge on any atom is 0.420 e. The summed E-state index contributed by atoms with van der Waals surface area (Å²) in [5, 5.41) is 3.28. The van der Waals surface area contributed by atoms with Gasteiger partial charge in [-0.15, -0.1) is 0 Å². The van der Waals surface area contributed by atoms with Crippen LogP contribution in [0.15, 0.2) is 45.6 Å². The third kappa shape index (κ3) is 3.00. The van der Waals surface area contributed by atoms with E-state index in [2.05, 4.69) is 5.32 Å². The number of aromatic nitrogens is 1. The molecule has 0 radical (unpaired) electrons. The number of carbonyl (C=O) groups excluding carboxylic acids is 1. The summed E-state index contributed by atoms with van der Waals surface area (Å²) in [5.41, 5.74) is 2.30. The van der Waals surface area contributed by atoms with Crippen molar-refractivity contribution in [1.29, 1.82) is 0 Å². The van der Waals surface area contributed by atoms with Crippen molar-refractivity contribution in [3.63, 3.8) is 0 Å². The molecule has 1 N–H and O–H groups in total. The zero-order valence-corrected chi connectivity index (χ0v) is 13.9. The lowest BCUT2D eigenvalue weighted by Crippen LogP contribution is -2.25. The lowest BCUT2D eigenvalue weighted by molar-refractivity contribution is -0.116. The fraction of sp³-hybridized carbons (Fsp3) is 0.176. The highest BCUT2D eigenvalue weighted by atomic mass is 35.5. The van der Waals surface area contributed by atoms with E-state index in [0.29, 0.717) is 27.6 Å². The van der Waals surface area contributed by atoms with Gasteiger partial charge in [-0.25, -0.2) is 4.79 Å². The number of rotatable bonds is 4. The molecule has 1 heterocycles. The molecule has 0 aliphatic heterocycles. The highest BCUT2D eigenvalue weighted by Crippen LogP contribution is 2.30. The van der Waals surface area contributed by atoms with E-state index < -0.39 is 5.76 Å². The molecule has 24 heavy (non-hydrogen) atoms. The minimum absolute atomic E-state index is 0.166. The number of nitrogens with one attached hydrogen (secondary N) is 1. The number of halogens is 1. The van der Waals surface area contributed by atoms with E-state index in [-0.39, 0.29) is 12.5 Å². The molecule has 0 saturated carbocycles. The molecule has 1 amide bonds. The van der Waals surface area contributed by atoms with Crippen LogP contribution >= 0.6 is 11.6 Å². The van der Waals surface area contributed by atoms with E-state index in [0.717, 1.165) is 5.56 Å². The Hall–Kier alpha value is -2.73. The van der Waals surface area contributed by atoms with E-state index in [1.165, 1.54) is 11.7 Å². The maximum absolute atomic E-state index is 12.3. The largest absolute Gasteiger partial charge is 0.495 e. The van der Waals surface area contributed by atoms with Crippen molar-refractivity contribution < 1.29 is 13.9 Å². The Balaban J connectivity index is 1.87. The monoisotopic (exact) mass is 346 g/mol. The third-order valence-electron chi connectivity index (χ3n) is 3.63. The van der Waals surface area contributed by atoms with Gasteiger partial charge in [0, 0.05) is 11.1 Å². The smallest absolute Gasteiger partial charge is 0.420 e. The van der Waals surface area contributed by atoms with Gasteiger partial charge in [-0.2, -0.15) is 0 Å². The summed E-state index contributed by atoms with van der Waals surface area (Å²) in [6.45, 7) is 1.66. The minimum atomic E-state index is -0.578. The van der Waals surface area contributed by atoms with Crippen LogP contribution in [0.3, 0.4) is 0 Å². The molecule has 0 unspecified atom stereocenters. The summed E-state index contributed by atoms with van der Waals surface area (Å²) >= 11 is 6.05. The van der Waals surface area contributed by atoms with Crippen LogP contribution in [0, 0.1) is 6.92 Å². The second-order valence-corrected chi connectivity index (χ2v) is 5.68. The van der Waals surface area contributed by atoms with Gasteiger partial charge >= 0.3 is 5.76 Å². The number of benzene rings is 2. The average Bonchev–Trinajstić information content (AvgIpc) is 2.86. The number of methoxy groups -OCH3 is 1. The molecule has 0 aliphatic carbocycles. The van der Waals surface area contributed by atoms with Crippen molar-refractivity contribution in [3.05, 3.63) is 57.5 Å². The van der Waals surface area contributed by atoms with Gasteiger partial charge in [0.15, 0.2) is 5.58 Å².